The predicted molar refractivity (Wildman–Crippen MR) is 133 cm³/mol. The fourth-order valence-corrected chi connectivity index (χ4v) is 6.07. The fraction of sp³-hybridized carbons (Fsp3) is 0.462. The number of aryl methyl sites for hydroxylation is 4. The molecule has 1 aliphatic rings. The van der Waals surface area contributed by atoms with Crippen LogP contribution in [-0.2, 0) is 26.0 Å². The molecule has 0 radical (unpaired) electrons. The quantitative estimate of drug-likeness (QED) is 0.571. The van der Waals surface area contributed by atoms with E-state index < -0.39 is 10.0 Å². The Labute approximate surface area is 203 Å². The van der Waals surface area contributed by atoms with Gasteiger partial charge in [-0.05, 0) is 56.7 Å². The van der Waals surface area contributed by atoms with Crippen LogP contribution in [0.3, 0.4) is 0 Å². The summed E-state index contributed by atoms with van der Waals surface area (Å²) in [6.07, 6.45) is 2.68. The number of nitrogens with one attached hydrogen (secondary N) is 2. The molecule has 1 saturated heterocycles. The molecule has 0 spiro atoms. The molecule has 1 fully saturated rings. The molecule has 0 saturated carbocycles. The summed E-state index contributed by atoms with van der Waals surface area (Å²) in [4.78, 5) is 26.9. The van der Waals surface area contributed by atoms with Gasteiger partial charge in [-0.25, -0.2) is 13.1 Å². The standard InChI is InChI=1S/C26H35N3O4S/c1-19-17-20(2)26(21(3)18-19)34(32,33)27-14-11-25(31)29-15-12-23(13-16-29)28-24(30)10-9-22-7-5-4-6-8-22/h4-8,17-18,23,27H,9-16H2,1-3H3,(H,28,30). The number of rotatable bonds is 9. The summed E-state index contributed by atoms with van der Waals surface area (Å²) in [7, 11) is -3.68. The molecule has 2 N–H and O–H groups in total. The van der Waals surface area contributed by atoms with Crippen molar-refractivity contribution in [2.45, 2.75) is 63.8 Å². The summed E-state index contributed by atoms with van der Waals surface area (Å²) in [6.45, 7) is 6.68. The lowest BCUT2D eigenvalue weighted by molar-refractivity contribution is -0.132. The van der Waals surface area contributed by atoms with Gasteiger partial charge in [-0.1, -0.05) is 48.0 Å². The van der Waals surface area contributed by atoms with Crippen molar-refractivity contribution in [3.63, 3.8) is 0 Å². The summed E-state index contributed by atoms with van der Waals surface area (Å²) in [6, 6.07) is 13.7. The highest BCUT2D eigenvalue weighted by molar-refractivity contribution is 7.89. The number of carbonyl (C=O) groups excluding carboxylic acids is 2. The Morgan fingerprint density at radius 2 is 1.59 bits per heavy atom. The predicted octanol–water partition coefficient (Wildman–Crippen LogP) is 3.02. The fourth-order valence-electron chi connectivity index (χ4n) is 4.59. The molecule has 0 bridgehead atoms. The number of piperidine rings is 1. The van der Waals surface area contributed by atoms with E-state index in [1.165, 1.54) is 0 Å². The van der Waals surface area contributed by atoms with E-state index in [9.17, 15) is 18.0 Å². The molecule has 184 valence electrons. The van der Waals surface area contributed by atoms with Crippen LogP contribution in [-0.4, -0.2) is 50.8 Å². The molecule has 2 amide bonds. The lowest BCUT2D eigenvalue weighted by atomic mass is 10.0. The van der Waals surface area contributed by atoms with Gasteiger partial charge in [-0.2, -0.15) is 0 Å². The maximum Gasteiger partial charge on any atom is 0.241 e. The smallest absolute Gasteiger partial charge is 0.241 e. The van der Waals surface area contributed by atoms with Crippen LogP contribution in [0.4, 0.5) is 0 Å². The van der Waals surface area contributed by atoms with Gasteiger partial charge in [-0.15, -0.1) is 0 Å². The van der Waals surface area contributed by atoms with E-state index >= 15 is 0 Å². The number of hydrogen-bond acceptors (Lipinski definition) is 4. The molecule has 8 heteroatoms. The van der Waals surface area contributed by atoms with Crippen LogP contribution in [0.5, 0.6) is 0 Å². The maximum atomic E-state index is 12.8. The molecule has 0 aliphatic carbocycles. The molecule has 34 heavy (non-hydrogen) atoms. The third-order valence-corrected chi connectivity index (χ3v) is 7.97. The van der Waals surface area contributed by atoms with Gasteiger partial charge in [0.15, 0.2) is 0 Å². The van der Waals surface area contributed by atoms with E-state index in [1.54, 1.807) is 18.7 Å². The topological polar surface area (TPSA) is 95.6 Å². The van der Waals surface area contributed by atoms with Gasteiger partial charge < -0.3 is 10.2 Å². The number of nitrogens with zero attached hydrogens (tertiary/aromatic N) is 1. The van der Waals surface area contributed by atoms with Crippen molar-refractivity contribution in [3.05, 3.63) is 64.7 Å². The number of hydrogen-bond donors (Lipinski definition) is 2. The van der Waals surface area contributed by atoms with E-state index in [2.05, 4.69) is 10.0 Å². The summed E-state index contributed by atoms with van der Waals surface area (Å²) in [5, 5.41) is 3.08. The first-order valence-electron chi connectivity index (χ1n) is 11.8. The van der Waals surface area contributed by atoms with Crippen molar-refractivity contribution < 1.29 is 18.0 Å². The molecule has 0 aromatic heterocycles. The van der Waals surface area contributed by atoms with Crippen molar-refractivity contribution in [2.75, 3.05) is 19.6 Å². The Kier molecular flexibility index (Phi) is 8.85. The number of amides is 2. The molecular formula is C26H35N3O4S. The van der Waals surface area contributed by atoms with Crippen LogP contribution in [0.25, 0.3) is 0 Å². The molecule has 1 heterocycles. The minimum atomic E-state index is -3.68. The zero-order valence-corrected chi connectivity index (χ0v) is 21.1. The summed E-state index contributed by atoms with van der Waals surface area (Å²) >= 11 is 0. The SMILES string of the molecule is Cc1cc(C)c(S(=O)(=O)NCCC(=O)N2CCC(NC(=O)CCc3ccccc3)CC2)c(C)c1. The van der Waals surface area contributed by atoms with Gasteiger partial charge >= 0.3 is 0 Å². The summed E-state index contributed by atoms with van der Waals surface area (Å²) in [5.74, 6) is -0.0429. The molecule has 0 unspecified atom stereocenters. The van der Waals surface area contributed by atoms with Crippen LogP contribution in [0.2, 0.25) is 0 Å². The van der Waals surface area contributed by atoms with Crippen LogP contribution >= 0.6 is 0 Å². The van der Waals surface area contributed by atoms with Crippen LogP contribution < -0.4 is 10.0 Å². The summed E-state index contributed by atoms with van der Waals surface area (Å²) in [5.41, 5.74) is 3.55. The van der Waals surface area contributed by atoms with E-state index in [-0.39, 0.29) is 35.7 Å². The van der Waals surface area contributed by atoms with Crippen molar-refractivity contribution in [3.8, 4) is 0 Å². The second-order valence-electron chi connectivity index (χ2n) is 9.08. The second-order valence-corrected chi connectivity index (χ2v) is 10.8. The largest absolute Gasteiger partial charge is 0.353 e. The van der Waals surface area contributed by atoms with Crippen LogP contribution in [0.1, 0.15) is 47.9 Å². The third-order valence-electron chi connectivity index (χ3n) is 6.20. The Morgan fingerprint density at radius 3 is 2.21 bits per heavy atom. The van der Waals surface area contributed by atoms with Crippen molar-refractivity contribution in [1.29, 1.82) is 0 Å². The molecular weight excluding hydrogens is 450 g/mol. The molecule has 3 rings (SSSR count). The van der Waals surface area contributed by atoms with Gasteiger partial charge in [0.05, 0.1) is 4.90 Å². The number of sulfonamides is 1. The van der Waals surface area contributed by atoms with Crippen LogP contribution in [0, 0.1) is 20.8 Å². The zero-order chi connectivity index (χ0) is 24.7. The highest BCUT2D eigenvalue weighted by atomic mass is 32.2. The minimum Gasteiger partial charge on any atom is -0.353 e. The average molecular weight is 486 g/mol. The Hall–Kier alpha value is -2.71. The highest BCUT2D eigenvalue weighted by Crippen LogP contribution is 2.21. The number of benzene rings is 2. The van der Waals surface area contributed by atoms with E-state index in [0.29, 0.717) is 49.9 Å². The molecule has 0 atom stereocenters. The van der Waals surface area contributed by atoms with Gasteiger partial charge in [0.2, 0.25) is 21.8 Å². The monoisotopic (exact) mass is 485 g/mol. The van der Waals surface area contributed by atoms with E-state index in [1.807, 2.05) is 49.4 Å². The Bertz CT molecular complexity index is 1090. The first-order chi connectivity index (χ1) is 16.2. The van der Waals surface area contributed by atoms with Gasteiger partial charge in [0.25, 0.3) is 0 Å². The number of likely N-dealkylation sites (tertiary alicyclic amines) is 1. The molecule has 7 nitrogen and oxygen atoms in total. The maximum absolute atomic E-state index is 12.8. The van der Waals surface area contributed by atoms with E-state index in [0.717, 1.165) is 11.1 Å². The normalized spacial score (nSPS) is 14.7. The first-order valence-corrected chi connectivity index (χ1v) is 13.3. The molecule has 2 aromatic rings. The van der Waals surface area contributed by atoms with Crippen molar-refractivity contribution >= 4 is 21.8 Å². The lowest BCUT2D eigenvalue weighted by Crippen LogP contribution is -2.47. The minimum absolute atomic E-state index is 0.0322. The first kappa shape index (κ1) is 25.9. The highest BCUT2D eigenvalue weighted by Gasteiger charge is 2.25. The Morgan fingerprint density at radius 1 is 0.971 bits per heavy atom. The Balaban J connectivity index is 1.39. The second kappa shape index (κ2) is 11.6. The third kappa shape index (κ3) is 7.14. The van der Waals surface area contributed by atoms with Gasteiger partial charge in [0, 0.05) is 38.5 Å². The molecule has 2 aromatic carbocycles. The van der Waals surface area contributed by atoms with Crippen molar-refractivity contribution in [2.24, 2.45) is 0 Å². The van der Waals surface area contributed by atoms with Crippen molar-refractivity contribution in [1.82, 2.24) is 14.9 Å². The average Bonchev–Trinajstić information content (AvgIpc) is 2.78. The zero-order valence-electron chi connectivity index (χ0n) is 20.3. The number of carbonyl (C=O) groups is 2. The van der Waals surface area contributed by atoms with E-state index in [4.69, 9.17) is 0 Å². The lowest BCUT2D eigenvalue weighted by Gasteiger charge is -2.32. The summed E-state index contributed by atoms with van der Waals surface area (Å²) < 4.78 is 28.1. The van der Waals surface area contributed by atoms with Gasteiger partial charge in [-0.3, -0.25) is 9.59 Å². The molecule has 1 aliphatic heterocycles. The van der Waals surface area contributed by atoms with Crippen LogP contribution in [0.15, 0.2) is 47.4 Å². The van der Waals surface area contributed by atoms with Gasteiger partial charge in [0.1, 0.15) is 0 Å².